The van der Waals surface area contributed by atoms with Gasteiger partial charge < -0.3 is 15.8 Å². The predicted molar refractivity (Wildman–Crippen MR) is 96.2 cm³/mol. The molecule has 2 aromatic rings. The van der Waals surface area contributed by atoms with Crippen LogP contribution in [0.25, 0.3) is 0 Å². The minimum Gasteiger partial charge on any atom is -0.381 e. The molecule has 3 N–H and O–H groups in total. The maximum atomic E-state index is 13.0. The summed E-state index contributed by atoms with van der Waals surface area (Å²) in [5, 5.41) is 3.51. The Morgan fingerprint density at radius 2 is 2.04 bits per heavy atom. The largest absolute Gasteiger partial charge is 0.381 e. The average Bonchev–Trinajstić information content (AvgIpc) is 2.96. The summed E-state index contributed by atoms with van der Waals surface area (Å²) in [6.07, 6.45) is 1.92. The lowest BCUT2D eigenvalue weighted by Crippen LogP contribution is -2.46. The zero-order valence-electron chi connectivity index (χ0n) is 14.2. The number of aryl methyl sites for hydroxylation is 1. The first kappa shape index (κ1) is 18.0. The van der Waals surface area contributed by atoms with Crippen LogP contribution < -0.4 is 11.1 Å². The van der Waals surface area contributed by atoms with Crippen molar-refractivity contribution < 1.29 is 13.9 Å². The van der Waals surface area contributed by atoms with Gasteiger partial charge in [0, 0.05) is 31.1 Å². The van der Waals surface area contributed by atoms with Crippen molar-refractivity contribution in [1.82, 2.24) is 4.98 Å². The van der Waals surface area contributed by atoms with Crippen LogP contribution in [-0.4, -0.2) is 30.6 Å². The number of hydrogen-bond acceptors (Lipinski definition) is 5. The van der Waals surface area contributed by atoms with Crippen molar-refractivity contribution in [2.75, 3.05) is 25.1 Å². The lowest BCUT2D eigenvalue weighted by Gasteiger charge is -2.34. The number of hydrogen-bond donors (Lipinski definition) is 2. The number of nitrogens with two attached hydrogens (primary N) is 1. The molecule has 0 spiro atoms. The molecule has 134 valence electrons. The number of halogens is 1. The highest BCUT2D eigenvalue weighted by Crippen LogP contribution is 2.32. The first-order valence-corrected chi connectivity index (χ1v) is 9.14. The second kappa shape index (κ2) is 7.59. The smallest absolute Gasteiger partial charge is 0.233 e. The van der Waals surface area contributed by atoms with E-state index >= 15 is 0 Å². The topological polar surface area (TPSA) is 77.2 Å². The molecule has 3 rings (SSSR count). The van der Waals surface area contributed by atoms with Crippen LogP contribution >= 0.6 is 11.3 Å². The van der Waals surface area contributed by atoms with Crippen LogP contribution in [0.4, 0.5) is 9.52 Å². The fourth-order valence-electron chi connectivity index (χ4n) is 2.95. The Bertz CT molecular complexity index is 739. The van der Waals surface area contributed by atoms with Crippen molar-refractivity contribution in [3.63, 3.8) is 0 Å². The van der Waals surface area contributed by atoms with Gasteiger partial charge in [0.2, 0.25) is 5.91 Å². The molecule has 1 aromatic carbocycles. The molecule has 1 fully saturated rings. The van der Waals surface area contributed by atoms with Crippen molar-refractivity contribution in [1.29, 1.82) is 0 Å². The monoisotopic (exact) mass is 363 g/mol. The Labute approximate surface area is 150 Å². The molecule has 0 saturated carbocycles. The lowest BCUT2D eigenvalue weighted by atomic mass is 9.79. The molecule has 0 atom stereocenters. The maximum absolute atomic E-state index is 13.0. The number of ether oxygens (including phenoxy) is 1. The van der Waals surface area contributed by atoms with Gasteiger partial charge in [0.25, 0.3) is 0 Å². The fourth-order valence-corrected chi connectivity index (χ4v) is 3.94. The third-order valence-electron chi connectivity index (χ3n) is 4.71. The fraction of sp³-hybridized carbons (Fsp3) is 0.444. The molecular formula is C18H22FN3O2S. The molecular weight excluding hydrogens is 341 g/mol. The van der Waals surface area contributed by atoms with E-state index in [2.05, 4.69) is 10.3 Å². The summed E-state index contributed by atoms with van der Waals surface area (Å²) in [7, 11) is 0. The maximum Gasteiger partial charge on any atom is 0.233 e. The van der Waals surface area contributed by atoms with Crippen LogP contribution in [0.3, 0.4) is 0 Å². The van der Waals surface area contributed by atoms with Crippen molar-refractivity contribution >= 4 is 22.4 Å². The van der Waals surface area contributed by atoms with E-state index in [1.165, 1.54) is 23.5 Å². The van der Waals surface area contributed by atoms with E-state index in [0.717, 1.165) is 16.1 Å². The molecule has 1 amide bonds. The normalized spacial score (nSPS) is 16.6. The Morgan fingerprint density at radius 1 is 1.36 bits per heavy atom. The summed E-state index contributed by atoms with van der Waals surface area (Å²) < 4.78 is 18.4. The van der Waals surface area contributed by atoms with Gasteiger partial charge in [-0.1, -0.05) is 12.1 Å². The minimum absolute atomic E-state index is 0.0830. The highest BCUT2D eigenvalue weighted by molar-refractivity contribution is 7.15. The third-order valence-corrected chi connectivity index (χ3v) is 5.79. The Balaban J connectivity index is 1.71. The number of nitrogens with one attached hydrogen (secondary N) is 1. The third kappa shape index (κ3) is 4.05. The van der Waals surface area contributed by atoms with Crippen molar-refractivity contribution in [2.24, 2.45) is 11.1 Å². The van der Waals surface area contributed by atoms with Crippen molar-refractivity contribution in [2.45, 2.75) is 26.2 Å². The number of nitrogens with zero attached hydrogens (tertiary/aromatic N) is 1. The Kier molecular flexibility index (Phi) is 5.46. The standard InChI is InChI=1S/C18H22FN3O2S/c1-12-15(10-13-2-4-14(19)5-3-13)25-17(21-12)22-16(23)18(11-20)6-8-24-9-7-18/h2-5H,6-11,20H2,1H3,(H,21,22,23). The van der Waals surface area contributed by atoms with Crippen LogP contribution in [-0.2, 0) is 16.0 Å². The quantitative estimate of drug-likeness (QED) is 0.856. The van der Waals surface area contributed by atoms with Gasteiger partial charge >= 0.3 is 0 Å². The second-order valence-electron chi connectivity index (χ2n) is 6.38. The highest BCUT2D eigenvalue weighted by atomic mass is 32.1. The summed E-state index contributed by atoms with van der Waals surface area (Å²) >= 11 is 1.45. The summed E-state index contributed by atoms with van der Waals surface area (Å²) in [4.78, 5) is 18.2. The molecule has 5 nitrogen and oxygen atoms in total. The zero-order chi connectivity index (χ0) is 17.9. The van der Waals surface area contributed by atoms with Crippen LogP contribution in [0.2, 0.25) is 0 Å². The molecule has 1 aromatic heterocycles. The molecule has 0 unspecified atom stereocenters. The van der Waals surface area contributed by atoms with Gasteiger partial charge in [-0.2, -0.15) is 0 Å². The number of carbonyl (C=O) groups excluding carboxylic acids is 1. The summed E-state index contributed by atoms with van der Waals surface area (Å²) in [5.74, 6) is -0.332. The van der Waals surface area contributed by atoms with E-state index in [0.29, 0.717) is 44.2 Å². The van der Waals surface area contributed by atoms with Crippen molar-refractivity contribution in [3.05, 3.63) is 46.2 Å². The molecule has 25 heavy (non-hydrogen) atoms. The predicted octanol–water partition coefficient (Wildman–Crippen LogP) is 2.88. The first-order valence-electron chi connectivity index (χ1n) is 8.32. The van der Waals surface area contributed by atoms with Gasteiger partial charge in [0.15, 0.2) is 5.13 Å². The second-order valence-corrected chi connectivity index (χ2v) is 7.47. The number of carbonyl (C=O) groups is 1. The summed E-state index contributed by atoms with van der Waals surface area (Å²) in [6.45, 7) is 3.32. The van der Waals surface area contributed by atoms with Crippen LogP contribution in [0.15, 0.2) is 24.3 Å². The van der Waals surface area contributed by atoms with E-state index in [4.69, 9.17) is 10.5 Å². The van der Waals surface area contributed by atoms with Gasteiger partial charge in [-0.15, -0.1) is 11.3 Å². The van der Waals surface area contributed by atoms with E-state index in [1.54, 1.807) is 12.1 Å². The Morgan fingerprint density at radius 3 is 2.68 bits per heavy atom. The summed E-state index contributed by atoms with van der Waals surface area (Å²) in [6, 6.07) is 6.42. The summed E-state index contributed by atoms with van der Waals surface area (Å²) in [5.41, 5.74) is 7.19. The molecule has 7 heteroatoms. The molecule has 0 radical (unpaired) electrons. The van der Waals surface area contributed by atoms with Crippen LogP contribution in [0.1, 0.15) is 29.0 Å². The minimum atomic E-state index is -0.574. The van der Waals surface area contributed by atoms with Crippen LogP contribution in [0.5, 0.6) is 0 Å². The first-order chi connectivity index (χ1) is 12.0. The van der Waals surface area contributed by atoms with E-state index in [9.17, 15) is 9.18 Å². The van der Waals surface area contributed by atoms with Gasteiger partial charge in [-0.05, 0) is 37.5 Å². The van der Waals surface area contributed by atoms with Crippen LogP contribution in [0, 0.1) is 18.2 Å². The van der Waals surface area contributed by atoms with Gasteiger partial charge in [-0.25, -0.2) is 9.37 Å². The molecule has 1 aliphatic heterocycles. The molecule has 0 bridgehead atoms. The van der Waals surface area contributed by atoms with Crippen molar-refractivity contribution in [3.8, 4) is 0 Å². The number of amides is 1. The van der Waals surface area contributed by atoms with E-state index in [1.807, 2.05) is 6.92 Å². The SMILES string of the molecule is Cc1nc(NC(=O)C2(CN)CCOCC2)sc1Cc1ccc(F)cc1. The van der Waals surface area contributed by atoms with Gasteiger partial charge in [-0.3, -0.25) is 4.79 Å². The number of benzene rings is 1. The van der Waals surface area contributed by atoms with E-state index < -0.39 is 5.41 Å². The van der Waals surface area contributed by atoms with E-state index in [-0.39, 0.29) is 11.7 Å². The number of thiazole rings is 1. The lowest BCUT2D eigenvalue weighted by molar-refractivity contribution is -0.130. The number of rotatable bonds is 5. The Hall–Kier alpha value is -1.83. The number of aromatic nitrogens is 1. The highest BCUT2D eigenvalue weighted by Gasteiger charge is 2.39. The molecule has 2 heterocycles. The van der Waals surface area contributed by atoms with Gasteiger partial charge in [0.1, 0.15) is 5.82 Å². The number of anilines is 1. The molecule has 1 saturated heterocycles. The average molecular weight is 363 g/mol. The molecule has 1 aliphatic rings. The molecule has 0 aliphatic carbocycles. The van der Waals surface area contributed by atoms with Gasteiger partial charge in [0.05, 0.1) is 11.1 Å². The zero-order valence-corrected chi connectivity index (χ0v) is 15.0.